The molecule has 0 aliphatic rings. The molecule has 0 saturated heterocycles. The zero-order chi connectivity index (χ0) is 17.3. The van der Waals surface area contributed by atoms with Crippen LogP contribution in [0.1, 0.15) is 27.2 Å². The molecule has 2 aromatic heterocycles. The number of methoxy groups -OCH3 is 1. The largest absolute Gasteiger partial charge is 0.493 e. The molecule has 7 nitrogen and oxygen atoms in total. The van der Waals surface area contributed by atoms with Gasteiger partial charge in [0.25, 0.3) is 0 Å². The van der Waals surface area contributed by atoms with Gasteiger partial charge in [-0.2, -0.15) is 9.61 Å². The Labute approximate surface area is 142 Å². The summed E-state index contributed by atoms with van der Waals surface area (Å²) >= 11 is 5.89. The van der Waals surface area contributed by atoms with Gasteiger partial charge in [0.1, 0.15) is 5.56 Å². The van der Waals surface area contributed by atoms with Gasteiger partial charge >= 0.3 is 5.97 Å². The van der Waals surface area contributed by atoms with Gasteiger partial charge in [-0.15, -0.1) is 0 Å². The summed E-state index contributed by atoms with van der Waals surface area (Å²) in [4.78, 5) is 15.6. The fraction of sp³-hybridized carbons (Fsp3) is 0.188. The molecule has 1 aromatic carbocycles. The van der Waals surface area contributed by atoms with Gasteiger partial charge in [0.15, 0.2) is 5.65 Å². The minimum Gasteiger partial charge on any atom is -0.493 e. The summed E-state index contributed by atoms with van der Waals surface area (Å²) in [6.45, 7) is 0.136. The van der Waals surface area contributed by atoms with Gasteiger partial charge in [-0.05, 0) is 17.7 Å². The van der Waals surface area contributed by atoms with Crippen molar-refractivity contribution in [2.45, 2.75) is 13.0 Å². The Hall–Kier alpha value is -2.64. The Morgan fingerprint density at radius 3 is 2.67 bits per heavy atom. The molecule has 2 heterocycles. The van der Waals surface area contributed by atoms with Crippen LogP contribution in [-0.4, -0.2) is 37.9 Å². The molecule has 0 radical (unpaired) electrons. The number of carboxylic acids is 1. The van der Waals surface area contributed by atoms with Crippen molar-refractivity contribution >= 4 is 23.2 Å². The molecule has 124 valence electrons. The van der Waals surface area contributed by atoms with E-state index < -0.39 is 5.97 Å². The molecular formula is C16H14ClN3O4. The number of hydrogen-bond acceptors (Lipinski definition) is 5. The molecule has 0 bridgehead atoms. The fourth-order valence-electron chi connectivity index (χ4n) is 2.45. The van der Waals surface area contributed by atoms with E-state index in [1.807, 2.05) is 12.1 Å². The maximum Gasteiger partial charge on any atom is 0.341 e. The number of aromatic nitrogens is 3. The van der Waals surface area contributed by atoms with Gasteiger partial charge in [0.2, 0.25) is 5.88 Å². The average Bonchev–Trinajstić information content (AvgIpc) is 2.97. The normalized spacial score (nSPS) is 11.1. The second-order valence-electron chi connectivity index (χ2n) is 5.20. The highest BCUT2D eigenvalue weighted by atomic mass is 35.5. The smallest absolute Gasteiger partial charge is 0.341 e. The van der Waals surface area contributed by atoms with E-state index in [0.29, 0.717) is 22.7 Å². The monoisotopic (exact) mass is 347 g/mol. The molecule has 0 spiro atoms. The highest BCUT2D eigenvalue weighted by Crippen LogP contribution is 2.27. The van der Waals surface area contributed by atoms with E-state index in [-0.39, 0.29) is 23.7 Å². The molecule has 0 saturated carbocycles. The first-order chi connectivity index (χ1) is 11.5. The summed E-state index contributed by atoms with van der Waals surface area (Å²) in [7, 11) is 1.50. The zero-order valence-electron chi connectivity index (χ0n) is 12.7. The molecule has 2 N–H and O–H groups in total. The lowest BCUT2D eigenvalue weighted by atomic mass is 10.0. The predicted molar refractivity (Wildman–Crippen MR) is 86.6 cm³/mol. The van der Waals surface area contributed by atoms with E-state index in [2.05, 4.69) is 10.1 Å². The van der Waals surface area contributed by atoms with Crippen molar-refractivity contribution in [2.24, 2.45) is 0 Å². The van der Waals surface area contributed by atoms with Gasteiger partial charge in [0.05, 0.1) is 18.5 Å². The molecule has 0 amide bonds. The highest BCUT2D eigenvalue weighted by Gasteiger charge is 2.21. The Morgan fingerprint density at radius 1 is 1.33 bits per heavy atom. The molecule has 24 heavy (non-hydrogen) atoms. The Bertz CT molecular complexity index is 906. The lowest BCUT2D eigenvalue weighted by molar-refractivity contribution is 0.0698. The minimum absolute atomic E-state index is 0.0758. The number of carboxylic acid groups (broad SMARTS) is 1. The molecule has 0 atom stereocenters. The minimum atomic E-state index is -1.16. The molecule has 0 unspecified atom stereocenters. The number of nitrogens with zero attached hydrogens (tertiary/aromatic N) is 3. The quantitative estimate of drug-likeness (QED) is 0.736. The summed E-state index contributed by atoms with van der Waals surface area (Å²) in [6, 6.07) is 7.20. The van der Waals surface area contributed by atoms with Crippen molar-refractivity contribution < 1.29 is 19.7 Å². The average molecular weight is 348 g/mol. The fourth-order valence-corrected chi connectivity index (χ4v) is 2.58. The summed E-state index contributed by atoms with van der Waals surface area (Å²) in [5, 5.41) is 24.3. The van der Waals surface area contributed by atoms with Crippen molar-refractivity contribution in [1.29, 1.82) is 0 Å². The number of fused-ring (bicyclic) bond motifs is 1. The number of rotatable bonds is 5. The van der Waals surface area contributed by atoms with E-state index in [0.717, 1.165) is 16.3 Å². The molecule has 0 aliphatic heterocycles. The van der Waals surface area contributed by atoms with Crippen LogP contribution in [-0.2, 0) is 17.8 Å². The maximum atomic E-state index is 11.2. The molecule has 3 rings (SSSR count). The lowest BCUT2D eigenvalue weighted by Gasteiger charge is -2.12. The lowest BCUT2D eigenvalue weighted by Crippen LogP contribution is -2.07. The SMILES string of the molecule is COCc1nc2c(C(=O)O)cnn2c(O)c1Cc1ccc(Cl)cc1. The van der Waals surface area contributed by atoms with Crippen molar-refractivity contribution in [3.63, 3.8) is 0 Å². The van der Waals surface area contributed by atoms with Gasteiger partial charge in [0, 0.05) is 24.1 Å². The van der Waals surface area contributed by atoms with E-state index in [4.69, 9.17) is 16.3 Å². The van der Waals surface area contributed by atoms with Crippen LogP contribution in [0, 0.1) is 0 Å². The summed E-state index contributed by atoms with van der Waals surface area (Å²) in [5.74, 6) is -1.32. The Morgan fingerprint density at radius 2 is 2.04 bits per heavy atom. The van der Waals surface area contributed by atoms with Crippen LogP contribution in [0.5, 0.6) is 5.88 Å². The number of benzene rings is 1. The van der Waals surface area contributed by atoms with Crippen molar-refractivity contribution in [3.8, 4) is 5.88 Å². The zero-order valence-corrected chi connectivity index (χ0v) is 13.5. The standard InChI is InChI=1S/C16H14ClN3O4/c1-24-8-13-11(6-9-2-4-10(17)5-3-9)15(21)20-14(19-13)12(7-18-20)16(22)23/h2-5,7,21H,6,8H2,1H3,(H,22,23). The van der Waals surface area contributed by atoms with Crippen LogP contribution >= 0.6 is 11.6 Å². The molecular weight excluding hydrogens is 334 g/mol. The first-order valence-corrected chi connectivity index (χ1v) is 7.44. The molecule has 8 heteroatoms. The van der Waals surface area contributed by atoms with Crippen LogP contribution in [0.15, 0.2) is 30.5 Å². The third-order valence-electron chi connectivity index (χ3n) is 3.61. The Balaban J connectivity index is 2.14. The number of aromatic hydroxyl groups is 1. The summed E-state index contributed by atoms with van der Waals surface area (Å²) in [6.07, 6.45) is 1.54. The van der Waals surface area contributed by atoms with Gasteiger partial charge in [-0.3, -0.25) is 0 Å². The maximum absolute atomic E-state index is 11.2. The number of carbonyl (C=O) groups is 1. The van der Waals surface area contributed by atoms with Crippen molar-refractivity contribution in [3.05, 3.63) is 57.9 Å². The van der Waals surface area contributed by atoms with Crippen LogP contribution in [0.25, 0.3) is 5.65 Å². The van der Waals surface area contributed by atoms with Crippen LogP contribution in [0.2, 0.25) is 5.02 Å². The third-order valence-corrected chi connectivity index (χ3v) is 3.86. The second kappa shape index (κ2) is 6.46. The van der Waals surface area contributed by atoms with Crippen LogP contribution in [0.4, 0.5) is 0 Å². The number of hydrogen-bond donors (Lipinski definition) is 2. The first-order valence-electron chi connectivity index (χ1n) is 7.06. The number of halogens is 1. The van der Waals surface area contributed by atoms with Gasteiger partial charge in [-0.25, -0.2) is 9.78 Å². The van der Waals surface area contributed by atoms with Crippen molar-refractivity contribution in [1.82, 2.24) is 14.6 Å². The second-order valence-corrected chi connectivity index (χ2v) is 5.63. The molecule has 3 aromatic rings. The summed E-state index contributed by atoms with van der Waals surface area (Å²) in [5.41, 5.74) is 1.89. The van der Waals surface area contributed by atoms with E-state index in [1.54, 1.807) is 12.1 Å². The van der Waals surface area contributed by atoms with Gasteiger partial charge in [-0.1, -0.05) is 23.7 Å². The highest BCUT2D eigenvalue weighted by molar-refractivity contribution is 6.30. The van der Waals surface area contributed by atoms with Crippen molar-refractivity contribution in [2.75, 3.05) is 7.11 Å². The third kappa shape index (κ3) is 2.91. The van der Waals surface area contributed by atoms with E-state index in [1.165, 1.54) is 7.11 Å². The van der Waals surface area contributed by atoms with Gasteiger partial charge < -0.3 is 14.9 Å². The topological polar surface area (TPSA) is 97.0 Å². The number of aromatic carboxylic acids is 1. The molecule has 0 aliphatic carbocycles. The van der Waals surface area contributed by atoms with Crippen LogP contribution < -0.4 is 0 Å². The summed E-state index contributed by atoms with van der Waals surface area (Å²) < 4.78 is 6.25. The van der Waals surface area contributed by atoms with Crippen LogP contribution in [0.3, 0.4) is 0 Å². The predicted octanol–water partition coefficient (Wildman–Crippen LogP) is 2.52. The molecule has 0 fully saturated rings. The first kappa shape index (κ1) is 16.2. The number of ether oxygens (including phenoxy) is 1. The van der Waals surface area contributed by atoms with E-state index >= 15 is 0 Å². The van der Waals surface area contributed by atoms with E-state index in [9.17, 15) is 15.0 Å². The Kier molecular flexibility index (Phi) is 4.37.